The Morgan fingerprint density at radius 1 is 1.03 bits per heavy atom. The van der Waals surface area contributed by atoms with Crippen molar-refractivity contribution in [1.29, 1.82) is 0 Å². The predicted octanol–water partition coefficient (Wildman–Crippen LogP) is 4.96. The van der Waals surface area contributed by atoms with Crippen molar-refractivity contribution in [3.63, 3.8) is 0 Å². The number of aryl methyl sites for hydroxylation is 2. The first kappa shape index (κ1) is 25.8. The van der Waals surface area contributed by atoms with E-state index in [0.717, 1.165) is 28.7 Å². The average Bonchev–Trinajstić information content (AvgIpc) is 2.81. The van der Waals surface area contributed by atoms with Gasteiger partial charge >= 0.3 is 12.3 Å². The zero-order valence-electron chi connectivity index (χ0n) is 19.4. The Labute approximate surface area is 201 Å². The van der Waals surface area contributed by atoms with E-state index in [1.54, 1.807) is 30.6 Å². The summed E-state index contributed by atoms with van der Waals surface area (Å²) in [6.07, 6.45) is 0.210. The van der Waals surface area contributed by atoms with Gasteiger partial charge in [-0.2, -0.15) is 0 Å². The van der Waals surface area contributed by atoms with Gasteiger partial charge in [0.2, 0.25) is 5.95 Å². The van der Waals surface area contributed by atoms with Gasteiger partial charge in [0.15, 0.2) is 6.61 Å². The average molecular weight is 489 g/mol. The van der Waals surface area contributed by atoms with E-state index in [1.165, 1.54) is 12.1 Å². The van der Waals surface area contributed by atoms with Crippen LogP contribution < -0.4 is 14.4 Å². The van der Waals surface area contributed by atoms with Crippen molar-refractivity contribution in [1.82, 2.24) is 9.97 Å². The second-order valence-corrected chi connectivity index (χ2v) is 7.89. The second-order valence-electron chi connectivity index (χ2n) is 7.89. The first-order valence-corrected chi connectivity index (χ1v) is 11.0. The predicted molar refractivity (Wildman–Crippen MR) is 124 cm³/mol. The molecule has 0 aliphatic rings. The summed E-state index contributed by atoms with van der Waals surface area (Å²) in [5.41, 5.74) is 3.60. The molecule has 0 saturated carbocycles. The number of benzene rings is 2. The molecule has 0 radical (unpaired) electrons. The highest BCUT2D eigenvalue weighted by Gasteiger charge is 2.31. The first-order chi connectivity index (χ1) is 16.6. The number of carboxylic acids is 1. The Morgan fingerprint density at radius 2 is 1.69 bits per heavy atom. The van der Waals surface area contributed by atoms with E-state index in [1.807, 2.05) is 30.9 Å². The molecule has 0 spiro atoms. The van der Waals surface area contributed by atoms with Crippen molar-refractivity contribution >= 4 is 11.9 Å². The normalized spacial score (nSPS) is 11.2. The van der Waals surface area contributed by atoms with Gasteiger partial charge in [0.05, 0.1) is 0 Å². The van der Waals surface area contributed by atoms with Crippen LogP contribution in [-0.4, -0.2) is 40.6 Å². The van der Waals surface area contributed by atoms with Crippen LogP contribution >= 0.6 is 0 Å². The summed E-state index contributed by atoms with van der Waals surface area (Å²) in [5.74, 6) is -0.308. The van der Waals surface area contributed by atoms with Crippen molar-refractivity contribution in [3.05, 3.63) is 77.1 Å². The molecule has 0 unspecified atom stereocenters. The molecule has 186 valence electrons. The minimum absolute atomic E-state index is 0.281. The fourth-order valence-electron chi connectivity index (χ4n) is 3.39. The standard InChI is InChI=1S/C25H26F3N3O4/c1-3-18-13-29-24(30-14-18)31(15-20-4-7-21(8-5-20)35-25(26,27)28)11-10-19-6-9-22(17(2)12-19)34-16-23(32)33/h4-9,12-14H,3,10-11,15-16H2,1-2H3,(H,32,33). The van der Waals surface area contributed by atoms with Gasteiger partial charge in [0.25, 0.3) is 0 Å². The molecule has 0 bridgehead atoms. The SMILES string of the molecule is CCc1cnc(N(CCc2ccc(OCC(=O)O)c(C)c2)Cc2ccc(OC(F)(F)F)cc2)nc1. The van der Waals surface area contributed by atoms with E-state index in [-0.39, 0.29) is 5.75 Å². The molecule has 0 aliphatic carbocycles. The van der Waals surface area contributed by atoms with Gasteiger partial charge in [0, 0.05) is 25.5 Å². The summed E-state index contributed by atoms with van der Waals surface area (Å²) in [6, 6.07) is 11.2. The Morgan fingerprint density at radius 3 is 2.26 bits per heavy atom. The van der Waals surface area contributed by atoms with E-state index in [9.17, 15) is 18.0 Å². The first-order valence-electron chi connectivity index (χ1n) is 11.0. The van der Waals surface area contributed by atoms with Crippen LogP contribution in [0.25, 0.3) is 0 Å². The maximum absolute atomic E-state index is 12.4. The van der Waals surface area contributed by atoms with Crippen LogP contribution in [0.2, 0.25) is 0 Å². The van der Waals surface area contributed by atoms with Gasteiger partial charge < -0.3 is 19.5 Å². The third-order valence-electron chi connectivity index (χ3n) is 5.17. The van der Waals surface area contributed by atoms with Crippen LogP contribution in [-0.2, 0) is 24.2 Å². The number of ether oxygens (including phenoxy) is 2. The van der Waals surface area contributed by atoms with Crippen LogP contribution in [0.3, 0.4) is 0 Å². The molecule has 0 saturated heterocycles. The lowest BCUT2D eigenvalue weighted by Gasteiger charge is -2.23. The van der Waals surface area contributed by atoms with Crippen LogP contribution in [0.5, 0.6) is 11.5 Å². The minimum atomic E-state index is -4.74. The fourth-order valence-corrected chi connectivity index (χ4v) is 3.39. The van der Waals surface area contributed by atoms with Gasteiger partial charge in [-0.15, -0.1) is 13.2 Å². The summed E-state index contributed by atoms with van der Waals surface area (Å²) in [6.45, 7) is 4.37. The molecular weight excluding hydrogens is 463 g/mol. The number of nitrogens with zero attached hydrogens (tertiary/aromatic N) is 3. The number of aromatic nitrogens is 2. The molecule has 35 heavy (non-hydrogen) atoms. The number of halogens is 3. The highest BCUT2D eigenvalue weighted by molar-refractivity contribution is 5.68. The van der Waals surface area contributed by atoms with Gasteiger partial charge in [-0.25, -0.2) is 14.8 Å². The van der Waals surface area contributed by atoms with Crippen molar-refractivity contribution in [3.8, 4) is 11.5 Å². The quantitative estimate of drug-likeness (QED) is 0.408. The Balaban J connectivity index is 1.74. The summed E-state index contributed by atoms with van der Waals surface area (Å²) >= 11 is 0. The van der Waals surface area contributed by atoms with Crippen LogP contribution in [0.4, 0.5) is 19.1 Å². The molecule has 10 heteroatoms. The summed E-state index contributed by atoms with van der Waals surface area (Å²) < 4.78 is 46.6. The summed E-state index contributed by atoms with van der Waals surface area (Å²) in [7, 11) is 0. The van der Waals surface area contributed by atoms with Crippen molar-refractivity contribution < 1.29 is 32.5 Å². The number of hydrogen-bond acceptors (Lipinski definition) is 6. The number of hydrogen-bond donors (Lipinski definition) is 1. The zero-order chi connectivity index (χ0) is 25.4. The highest BCUT2D eigenvalue weighted by Crippen LogP contribution is 2.24. The maximum Gasteiger partial charge on any atom is 0.573 e. The van der Waals surface area contributed by atoms with E-state index in [2.05, 4.69) is 14.7 Å². The van der Waals surface area contributed by atoms with Crippen LogP contribution in [0.1, 0.15) is 29.2 Å². The molecule has 7 nitrogen and oxygen atoms in total. The number of aliphatic carboxylic acids is 1. The molecule has 0 amide bonds. The lowest BCUT2D eigenvalue weighted by atomic mass is 10.1. The molecule has 1 N–H and O–H groups in total. The highest BCUT2D eigenvalue weighted by atomic mass is 19.4. The van der Waals surface area contributed by atoms with Gasteiger partial charge in [0.1, 0.15) is 11.5 Å². The molecule has 0 atom stereocenters. The number of carbonyl (C=O) groups is 1. The Kier molecular flexibility index (Phi) is 8.51. The van der Waals surface area contributed by atoms with Gasteiger partial charge in [-0.1, -0.05) is 31.2 Å². The largest absolute Gasteiger partial charge is 0.573 e. The van der Waals surface area contributed by atoms with E-state index < -0.39 is 18.9 Å². The number of rotatable bonds is 11. The monoisotopic (exact) mass is 489 g/mol. The third kappa shape index (κ3) is 8.16. The molecule has 0 fully saturated rings. The smallest absolute Gasteiger partial charge is 0.482 e. The Hall–Kier alpha value is -3.82. The molecular formula is C25H26F3N3O4. The topological polar surface area (TPSA) is 84.8 Å². The molecule has 3 rings (SSSR count). The minimum Gasteiger partial charge on any atom is -0.482 e. The summed E-state index contributed by atoms with van der Waals surface area (Å²) in [4.78, 5) is 21.6. The number of carboxylic acid groups (broad SMARTS) is 1. The summed E-state index contributed by atoms with van der Waals surface area (Å²) in [5, 5.41) is 8.79. The van der Waals surface area contributed by atoms with Crippen molar-refractivity contribution in [2.45, 2.75) is 39.6 Å². The fraction of sp³-hybridized carbons (Fsp3) is 0.320. The Bertz CT molecular complexity index is 1120. The lowest BCUT2D eigenvalue weighted by Crippen LogP contribution is -2.27. The maximum atomic E-state index is 12.4. The second kappa shape index (κ2) is 11.5. The molecule has 1 aromatic heterocycles. The van der Waals surface area contributed by atoms with E-state index in [0.29, 0.717) is 31.2 Å². The van der Waals surface area contributed by atoms with Gasteiger partial charge in [-0.3, -0.25) is 0 Å². The lowest BCUT2D eigenvalue weighted by molar-refractivity contribution is -0.274. The molecule has 3 aromatic rings. The van der Waals surface area contributed by atoms with Crippen molar-refractivity contribution in [2.75, 3.05) is 18.1 Å². The zero-order valence-corrected chi connectivity index (χ0v) is 19.4. The molecule has 1 heterocycles. The van der Waals surface area contributed by atoms with E-state index >= 15 is 0 Å². The van der Waals surface area contributed by atoms with Crippen LogP contribution in [0, 0.1) is 6.92 Å². The van der Waals surface area contributed by atoms with Crippen molar-refractivity contribution in [2.24, 2.45) is 0 Å². The molecule has 0 aliphatic heterocycles. The number of anilines is 1. The van der Waals surface area contributed by atoms with Gasteiger partial charge in [-0.05, 0) is 60.2 Å². The van der Waals surface area contributed by atoms with Crippen LogP contribution in [0.15, 0.2) is 54.9 Å². The van der Waals surface area contributed by atoms with E-state index in [4.69, 9.17) is 9.84 Å². The molecule has 2 aromatic carbocycles. The number of alkyl halides is 3. The third-order valence-corrected chi connectivity index (χ3v) is 5.17.